The molecule has 2 aromatic rings. The highest BCUT2D eigenvalue weighted by atomic mass is 16.5. The third-order valence-corrected chi connectivity index (χ3v) is 6.20. The van der Waals surface area contributed by atoms with Gasteiger partial charge in [-0.25, -0.2) is 4.79 Å². The predicted molar refractivity (Wildman–Crippen MR) is 104 cm³/mol. The standard InChI is InChI=1S/C23H27NO3/c1-14-8-10-18(11-9-14)27-23(26)22-15(2)21-19(24-22)12-17(13-20(21)25)16-6-4-3-5-7-16/h3-7,14,17-18,24H,8-13H2,1-2H3/t14?,17-,18?/m1/s1. The van der Waals surface area contributed by atoms with Crippen LogP contribution >= 0.6 is 0 Å². The van der Waals surface area contributed by atoms with Crippen molar-refractivity contribution in [3.8, 4) is 0 Å². The smallest absolute Gasteiger partial charge is 0.355 e. The number of ether oxygens (including phenoxy) is 1. The van der Waals surface area contributed by atoms with Crippen LogP contribution in [0.5, 0.6) is 0 Å². The average molecular weight is 365 g/mol. The summed E-state index contributed by atoms with van der Waals surface area (Å²) in [7, 11) is 0. The van der Waals surface area contributed by atoms with Gasteiger partial charge >= 0.3 is 5.97 Å². The number of nitrogens with one attached hydrogen (secondary N) is 1. The highest BCUT2D eigenvalue weighted by molar-refractivity contribution is 6.03. The third kappa shape index (κ3) is 3.58. The molecule has 4 rings (SSSR count). The highest BCUT2D eigenvalue weighted by Gasteiger charge is 2.33. The molecule has 0 bridgehead atoms. The van der Waals surface area contributed by atoms with E-state index in [4.69, 9.17) is 4.74 Å². The van der Waals surface area contributed by atoms with E-state index < -0.39 is 0 Å². The molecule has 0 spiro atoms. The zero-order valence-corrected chi connectivity index (χ0v) is 16.1. The lowest BCUT2D eigenvalue weighted by Crippen LogP contribution is -2.24. The van der Waals surface area contributed by atoms with Crippen LogP contribution in [0.15, 0.2) is 30.3 Å². The number of carbonyl (C=O) groups excluding carboxylic acids is 2. The molecule has 0 aliphatic heterocycles. The summed E-state index contributed by atoms with van der Waals surface area (Å²) < 4.78 is 5.75. The molecular weight excluding hydrogens is 338 g/mol. The number of H-pyrrole nitrogens is 1. The lowest BCUT2D eigenvalue weighted by molar-refractivity contribution is 0.0167. The van der Waals surface area contributed by atoms with Gasteiger partial charge in [0.15, 0.2) is 5.78 Å². The maximum absolute atomic E-state index is 12.8. The second-order valence-corrected chi connectivity index (χ2v) is 8.20. The lowest BCUT2D eigenvalue weighted by Gasteiger charge is -2.25. The van der Waals surface area contributed by atoms with E-state index in [9.17, 15) is 9.59 Å². The summed E-state index contributed by atoms with van der Waals surface area (Å²) in [5, 5.41) is 0. The van der Waals surface area contributed by atoms with Crippen LogP contribution in [0.1, 0.15) is 82.6 Å². The first-order valence-electron chi connectivity index (χ1n) is 10.0. The Morgan fingerprint density at radius 2 is 1.78 bits per heavy atom. The van der Waals surface area contributed by atoms with Crippen LogP contribution in [0.25, 0.3) is 0 Å². The second kappa shape index (κ2) is 7.34. The molecule has 142 valence electrons. The average Bonchev–Trinajstić information content (AvgIpc) is 3.01. The Hall–Kier alpha value is -2.36. The zero-order valence-electron chi connectivity index (χ0n) is 16.1. The molecule has 1 atom stereocenters. The van der Waals surface area contributed by atoms with Crippen LogP contribution in [0.4, 0.5) is 0 Å². The second-order valence-electron chi connectivity index (χ2n) is 8.20. The number of fused-ring (bicyclic) bond motifs is 1. The first-order valence-corrected chi connectivity index (χ1v) is 10.0. The minimum absolute atomic E-state index is 0.00111. The maximum Gasteiger partial charge on any atom is 0.355 e. The molecule has 1 aromatic carbocycles. The van der Waals surface area contributed by atoms with E-state index in [1.54, 1.807) is 0 Å². The summed E-state index contributed by atoms with van der Waals surface area (Å²) in [6.45, 7) is 4.10. The number of rotatable bonds is 3. The van der Waals surface area contributed by atoms with Gasteiger partial charge in [-0.05, 0) is 62.0 Å². The van der Waals surface area contributed by atoms with Crippen LogP contribution in [-0.4, -0.2) is 22.8 Å². The van der Waals surface area contributed by atoms with Gasteiger partial charge < -0.3 is 9.72 Å². The topological polar surface area (TPSA) is 59.2 Å². The van der Waals surface area contributed by atoms with Crippen LogP contribution in [-0.2, 0) is 11.2 Å². The maximum atomic E-state index is 12.8. The number of hydrogen-bond donors (Lipinski definition) is 1. The van der Waals surface area contributed by atoms with Crippen molar-refractivity contribution in [2.24, 2.45) is 5.92 Å². The van der Waals surface area contributed by atoms with E-state index in [1.807, 2.05) is 25.1 Å². The monoisotopic (exact) mass is 365 g/mol. The number of hydrogen-bond acceptors (Lipinski definition) is 3. The van der Waals surface area contributed by atoms with Crippen molar-refractivity contribution in [1.82, 2.24) is 4.98 Å². The van der Waals surface area contributed by atoms with Gasteiger partial charge in [0.05, 0.1) is 0 Å². The molecule has 4 heteroatoms. The Labute approximate surface area is 160 Å². The van der Waals surface area contributed by atoms with Gasteiger partial charge in [-0.2, -0.15) is 0 Å². The number of esters is 1. The Kier molecular flexibility index (Phi) is 4.90. The molecular formula is C23H27NO3. The molecule has 0 radical (unpaired) electrons. The van der Waals surface area contributed by atoms with E-state index in [0.717, 1.165) is 43.4 Å². The number of ketones is 1. The van der Waals surface area contributed by atoms with Crippen molar-refractivity contribution >= 4 is 11.8 Å². The van der Waals surface area contributed by atoms with E-state index in [1.165, 1.54) is 5.56 Å². The van der Waals surface area contributed by atoms with Crippen molar-refractivity contribution in [3.05, 3.63) is 58.4 Å². The van der Waals surface area contributed by atoms with Crippen LogP contribution < -0.4 is 0 Å². The number of aromatic amines is 1. The summed E-state index contributed by atoms with van der Waals surface area (Å²) in [4.78, 5) is 28.7. The summed E-state index contributed by atoms with van der Waals surface area (Å²) in [5.41, 5.74) is 3.95. The summed E-state index contributed by atoms with van der Waals surface area (Å²) in [5.74, 6) is 0.676. The fraction of sp³-hybridized carbons (Fsp3) is 0.478. The van der Waals surface area contributed by atoms with Gasteiger partial charge in [0.25, 0.3) is 0 Å². The number of Topliss-reactive ketones (excluding diaryl/α,β-unsaturated/α-hetero) is 1. The van der Waals surface area contributed by atoms with Gasteiger partial charge in [-0.15, -0.1) is 0 Å². The number of aromatic nitrogens is 1. The molecule has 1 aromatic heterocycles. The number of carbonyl (C=O) groups is 2. The van der Waals surface area contributed by atoms with Crippen molar-refractivity contribution in [1.29, 1.82) is 0 Å². The minimum Gasteiger partial charge on any atom is -0.458 e. The summed E-state index contributed by atoms with van der Waals surface area (Å²) in [6.07, 6.45) is 5.32. The molecule has 2 aliphatic rings. The largest absolute Gasteiger partial charge is 0.458 e. The Morgan fingerprint density at radius 1 is 1.07 bits per heavy atom. The van der Waals surface area contributed by atoms with Crippen molar-refractivity contribution in [2.75, 3.05) is 0 Å². The van der Waals surface area contributed by atoms with E-state index in [0.29, 0.717) is 23.6 Å². The lowest BCUT2D eigenvalue weighted by atomic mass is 9.81. The SMILES string of the molecule is Cc1c(C(=O)OC2CCC(C)CC2)[nH]c2c1C(=O)C[C@H](c1ccccc1)C2. The van der Waals surface area contributed by atoms with Crippen LogP contribution in [0.3, 0.4) is 0 Å². The van der Waals surface area contributed by atoms with Crippen LogP contribution in [0, 0.1) is 12.8 Å². The normalized spacial score (nSPS) is 25.1. The molecule has 0 saturated heterocycles. The highest BCUT2D eigenvalue weighted by Crippen LogP contribution is 2.35. The Balaban J connectivity index is 1.54. The van der Waals surface area contributed by atoms with Crippen molar-refractivity contribution in [2.45, 2.75) is 64.4 Å². The van der Waals surface area contributed by atoms with Gasteiger partial charge in [0.2, 0.25) is 0 Å². The molecule has 1 heterocycles. The van der Waals surface area contributed by atoms with Crippen molar-refractivity contribution < 1.29 is 14.3 Å². The summed E-state index contributed by atoms with van der Waals surface area (Å²) in [6, 6.07) is 10.1. The molecule has 1 fully saturated rings. The van der Waals surface area contributed by atoms with E-state index in [-0.39, 0.29) is 23.8 Å². The zero-order chi connectivity index (χ0) is 19.0. The predicted octanol–water partition coefficient (Wildman–Crippen LogP) is 4.97. The number of benzene rings is 1. The molecule has 2 aliphatic carbocycles. The molecule has 4 nitrogen and oxygen atoms in total. The molecule has 0 unspecified atom stereocenters. The fourth-order valence-electron chi connectivity index (χ4n) is 4.56. The Morgan fingerprint density at radius 3 is 2.48 bits per heavy atom. The van der Waals surface area contributed by atoms with Crippen molar-refractivity contribution in [3.63, 3.8) is 0 Å². The van der Waals surface area contributed by atoms with Gasteiger partial charge in [0, 0.05) is 17.7 Å². The molecule has 0 amide bonds. The summed E-state index contributed by atoms with van der Waals surface area (Å²) >= 11 is 0. The fourth-order valence-corrected chi connectivity index (χ4v) is 4.56. The van der Waals surface area contributed by atoms with Crippen LogP contribution in [0.2, 0.25) is 0 Å². The third-order valence-electron chi connectivity index (χ3n) is 6.20. The Bertz CT molecular complexity index is 844. The minimum atomic E-state index is -0.314. The quantitative estimate of drug-likeness (QED) is 0.781. The van der Waals surface area contributed by atoms with Gasteiger partial charge in [0.1, 0.15) is 11.8 Å². The van der Waals surface area contributed by atoms with E-state index in [2.05, 4.69) is 24.0 Å². The molecule has 27 heavy (non-hydrogen) atoms. The first kappa shape index (κ1) is 18.0. The molecule has 1 saturated carbocycles. The van der Waals surface area contributed by atoms with E-state index >= 15 is 0 Å². The van der Waals surface area contributed by atoms with Gasteiger partial charge in [-0.3, -0.25) is 4.79 Å². The first-order chi connectivity index (χ1) is 13.0. The van der Waals surface area contributed by atoms with Gasteiger partial charge in [-0.1, -0.05) is 37.3 Å². The molecule has 1 N–H and O–H groups in total.